The van der Waals surface area contributed by atoms with Crippen molar-refractivity contribution in [1.82, 2.24) is 9.78 Å². The van der Waals surface area contributed by atoms with Crippen molar-refractivity contribution in [2.75, 3.05) is 0 Å². The minimum Gasteiger partial charge on any atom is -0.294 e. The number of nitrogens with zero attached hydrogens (tertiary/aromatic N) is 1. The molecular formula is C21H24N2O. The number of benzene rings is 2. The van der Waals surface area contributed by atoms with E-state index in [0.29, 0.717) is 0 Å². The molecule has 0 aliphatic carbocycles. The maximum atomic E-state index is 13.1. The zero-order chi connectivity index (χ0) is 17.1. The lowest BCUT2D eigenvalue weighted by atomic mass is 10.0. The van der Waals surface area contributed by atoms with Gasteiger partial charge in [0.05, 0.1) is 11.3 Å². The van der Waals surface area contributed by atoms with Crippen LogP contribution in [0.2, 0.25) is 0 Å². The van der Waals surface area contributed by atoms with Crippen molar-refractivity contribution < 1.29 is 0 Å². The Balaban J connectivity index is 2.16. The number of rotatable bonds is 5. The van der Waals surface area contributed by atoms with Gasteiger partial charge in [0.1, 0.15) is 0 Å². The summed E-state index contributed by atoms with van der Waals surface area (Å²) in [5.41, 5.74) is 6.12. The lowest BCUT2D eigenvalue weighted by Gasteiger charge is -2.05. The Bertz CT molecular complexity index is 888. The zero-order valence-corrected chi connectivity index (χ0v) is 14.6. The van der Waals surface area contributed by atoms with E-state index in [1.807, 2.05) is 36.4 Å². The number of hydrogen-bond donors (Lipinski definition) is 1. The van der Waals surface area contributed by atoms with Crippen molar-refractivity contribution in [2.45, 2.75) is 40.0 Å². The molecule has 2 aromatic carbocycles. The molecule has 3 rings (SSSR count). The lowest BCUT2D eigenvalue weighted by Crippen LogP contribution is -2.15. The van der Waals surface area contributed by atoms with Crippen LogP contribution in [-0.2, 0) is 6.42 Å². The molecule has 0 saturated heterocycles. The monoisotopic (exact) mass is 320 g/mol. The molecule has 0 radical (unpaired) electrons. The fourth-order valence-corrected chi connectivity index (χ4v) is 2.97. The van der Waals surface area contributed by atoms with E-state index < -0.39 is 0 Å². The highest BCUT2D eigenvalue weighted by molar-refractivity contribution is 5.65. The second kappa shape index (κ2) is 6.91. The highest BCUT2D eigenvalue weighted by atomic mass is 16.1. The van der Waals surface area contributed by atoms with Gasteiger partial charge in [0.25, 0.3) is 5.56 Å². The van der Waals surface area contributed by atoms with E-state index in [2.05, 4.69) is 38.0 Å². The smallest absolute Gasteiger partial charge is 0.279 e. The van der Waals surface area contributed by atoms with Crippen LogP contribution in [-0.4, -0.2) is 9.78 Å². The third-order valence-corrected chi connectivity index (χ3v) is 4.56. The number of aromatic amines is 1. The molecule has 1 aromatic heterocycles. The molecule has 1 N–H and O–H groups in total. The molecule has 0 bridgehead atoms. The first-order valence-electron chi connectivity index (χ1n) is 8.58. The van der Waals surface area contributed by atoms with Crippen molar-refractivity contribution >= 4 is 0 Å². The first kappa shape index (κ1) is 16.3. The van der Waals surface area contributed by atoms with Gasteiger partial charge in [-0.3, -0.25) is 9.89 Å². The van der Waals surface area contributed by atoms with Gasteiger partial charge in [-0.2, -0.15) is 0 Å². The second-order valence-corrected chi connectivity index (χ2v) is 6.34. The number of aryl methyl sites for hydroxylation is 3. The van der Waals surface area contributed by atoms with E-state index in [9.17, 15) is 4.79 Å². The van der Waals surface area contributed by atoms with Crippen molar-refractivity contribution in [1.29, 1.82) is 0 Å². The Morgan fingerprint density at radius 1 is 1.00 bits per heavy atom. The van der Waals surface area contributed by atoms with Gasteiger partial charge >= 0.3 is 0 Å². The van der Waals surface area contributed by atoms with Crippen LogP contribution in [0.4, 0.5) is 0 Å². The van der Waals surface area contributed by atoms with Crippen LogP contribution >= 0.6 is 0 Å². The van der Waals surface area contributed by atoms with E-state index in [1.54, 1.807) is 4.68 Å². The normalized spacial score (nSPS) is 11.0. The average Bonchev–Trinajstić information content (AvgIpc) is 2.92. The topological polar surface area (TPSA) is 37.8 Å². The molecule has 1 heterocycles. The van der Waals surface area contributed by atoms with E-state index in [1.165, 1.54) is 11.1 Å². The summed E-state index contributed by atoms with van der Waals surface area (Å²) in [6.07, 6.45) is 3.05. The predicted octanol–water partition coefficient (Wildman–Crippen LogP) is 4.79. The molecule has 24 heavy (non-hydrogen) atoms. The summed E-state index contributed by atoms with van der Waals surface area (Å²) < 4.78 is 1.68. The van der Waals surface area contributed by atoms with Gasteiger partial charge in [-0.25, -0.2) is 4.68 Å². The van der Waals surface area contributed by atoms with Crippen LogP contribution < -0.4 is 5.56 Å². The fraction of sp³-hybridized carbons (Fsp3) is 0.286. The highest BCUT2D eigenvalue weighted by Crippen LogP contribution is 2.22. The van der Waals surface area contributed by atoms with E-state index >= 15 is 0 Å². The average molecular weight is 320 g/mol. The predicted molar refractivity (Wildman–Crippen MR) is 99.9 cm³/mol. The summed E-state index contributed by atoms with van der Waals surface area (Å²) in [5, 5.41) is 3.35. The van der Waals surface area contributed by atoms with E-state index in [-0.39, 0.29) is 5.56 Å². The number of aromatic nitrogens is 2. The van der Waals surface area contributed by atoms with Crippen LogP contribution in [0.15, 0.2) is 53.3 Å². The van der Waals surface area contributed by atoms with Crippen molar-refractivity contribution in [3.63, 3.8) is 0 Å². The number of hydrogen-bond acceptors (Lipinski definition) is 1. The summed E-state index contributed by atoms with van der Waals surface area (Å²) in [7, 11) is 0. The summed E-state index contributed by atoms with van der Waals surface area (Å²) in [6.45, 7) is 6.32. The van der Waals surface area contributed by atoms with Gasteiger partial charge in [0.15, 0.2) is 0 Å². The van der Waals surface area contributed by atoms with Crippen LogP contribution in [0.25, 0.3) is 16.8 Å². The van der Waals surface area contributed by atoms with Gasteiger partial charge in [-0.05, 0) is 55.5 Å². The van der Waals surface area contributed by atoms with Crippen molar-refractivity contribution in [2.24, 2.45) is 0 Å². The van der Waals surface area contributed by atoms with Crippen molar-refractivity contribution in [3.05, 3.63) is 75.7 Å². The van der Waals surface area contributed by atoms with Gasteiger partial charge in [-0.15, -0.1) is 0 Å². The molecule has 124 valence electrons. The summed E-state index contributed by atoms with van der Waals surface area (Å²) in [6, 6.07) is 16.1. The molecule has 0 atom stereocenters. The van der Waals surface area contributed by atoms with Gasteiger partial charge in [0.2, 0.25) is 0 Å². The van der Waals surface area contributed by atoms with Gasteiger partial charge in [-0.1, -0.05) is 49.7 Å². The first-order valence-corrected chi connectivity index (χ1v) is 8.58. The van der Waals surface area contributed by atoms with Gasteiger partial charge in [0, 0.05) is 5.69 Å². The van der Waals surface area contributed by atoms with Crippen molar-refractivity contribution in [3.8, 4) is 16.8 Å². The first-order chi connectivity index (χ1) is 11.6. The second-order valence-electron chi connectivity index (χ2n) is 6.34. The molecule has 3 nitrogen and oxygen atoms in total. The molecule has 0 spiro atoms. The molecule has 0 aliphatic heterocycles. The van der Waals surface area contributed by atoms with Crippen LogP contribution in [0.1, 0.15) is 36.6 Å². The van der Waals surface area contributed by atoms with Crippen LogP contribution in [0.3, 0.4) is 0 Å². The Hall–Kier alpha value is -2.55. The Labute approximate surface area is 143 Å². The molecule has 0 saturated carbocycles. The Morgan fingerprint density at radius 2 is 1.75 bits per heavy atom. The molecule has 3 aromatic rings. The number of H-pyrrole nitrogens is 1. The molecular weight excluding hydrogens is 296 g/mol. The lowest BCUT2D eigenvalue weighted by molar-refractivity contribution is 0.748. The molecule has 0 aliphatic rings. The minimum atomic E-state index is 0.0237. The Kier molecular flexibility index (Phi) is 4.70. The summed E-state index contributed by atoms with van der Waals surface area (Å²) in [4.78, 5) is 13.1. The summed E-state index contributed by atoms with van der Waals surface area (Å²) in [5.74, 6) is 0. The number of nitrogens with one attached hydrogen (secondary N) is 1. The quantitative estimate of drug-likeness (QED) is 0.721. The molecule has 0 fully saturated rings. The third-order valence-electron chi connectivity index (χ3n) is 4.56. The third kappa shape index (κ3) is 3.07. The van der Waals surface area contributed by atoms with Gasteiger partial charge < -0.3 is 0 Å². The maximum Gasteiger partial charge on any atom is 0.279 e. The van der Waals surface area contributed by atoms with E-state index in [4.69, 9.17) is 0 Å². The standard InChI is InChI=1S/C21H24N2O/c1-4-5-11-19-20(17-9-7-6-8-10-17)21(24)23(22-19)18-13-12-15(2)16(3)14-18/h6-10,12-14,22H,4-5,11H2,1-3H3. The highest BCUT2D eigenvalue weighted by Gasteiger charge is 2.16. The maximum absolute atomic E-state index is 13.1. The van der Waals surface area contributed by atoms with Crippen LogP contribution in [0, 0.1) is 13.8 Å². The fourth-order valence-electron chi connectivity index (χ4n) is 2.97. The largest absolute Gasteiger partial charge is 0.294 e. The number of unbranched alkanes of at least 4 members (excludes halogenated alkanes) is 1. The molecule has 3 heteroatoms. The van der Waals surface area contributed by atoms with Crippen LogP contribution in [0.5, 0.6) is 0 Å². The molecule has 0 amide bonds. The minimum absolute atomic E-state index is 0.0237. The summed E-state index contributed by atoms with van der Waals surface area (Å²) >= 11 is 0. The van der Waals surface area contributed by atoms with E-state index in [0.717, 1.165) is 41.8 Å². The zero-order valence-electron chi connectivity index (χ0n) is 14.6. The molecule has 0 unspecified atom stereocenters. The SMILES string of the molecule is CCCCc1[nH]n(-c2ccc(C)c(C)c2)c(=O)c1-c1ccccc1. The Morgan fingerprint density at radius 3 is 2.42 bits per heavy atom.